The van der Waals surface area contributed by atoms with E-state index in [9.17, 15) is 0 Å². The topological polar surface area (TPSA) is 12.0 Å². The van der Waals surface area contributed by atoms with Crippen molar-refractivity contribution in [1.29, 1.82) is 0 Å². The molecule has 14 heavy (non-hydrogen) atoms. The van der Waals surface area contributed by atoms with Crippen LogP contribution in [0.5, 0.6) is 0 Å². The minimum absolute atomic E-state index is 0.529. The van der Waals surface area contributed by atoms with Crippen LogP contribution in [-0.2, 0) is 0 Å². The number of benzene rings is 1. The first kappa shape index (κ1) is 11.7. The number of nitrogens with one attached hydrogen (secondary N) is 1. The summed E-state index contributed by atoms with van der Waals surface area (Å²) in [4.78, 5) is 0. The summed E-state index contributed by atoms with van der Waals surface area (Å²) >= 11 is 3.45. The molecule has 0 heterocycles. The number of hydrogen-bond donors (Lipinski definition) is 1. The van der Waals surface area contributed by atoms with Crippen LogP contribution in [0.15, 0.2) is 28.7 Å². The minimum Gasteiger partial charge on any atom is -0.314 e. The smallest absolute Gasteiger partial charge is 0.0175 e. The van der Waals surface area contributed by atoms with Gasteiger partial charge in [0.15, 0.2) is 0 Å². The average molecular weight is 256 g/mol. The van der Waals surface area contributed by atoms with Gasteiger partial charge in [-0.2, -0.15) is 0 Å². The van der Waals surface area contributed by atoms with E-state index in [0.29, 0.717) is 12.0 Å². The van der Waals surface area contributed by atoms with Crippen molar-refractivity contribution in [1.82, 2.24) is 5.32 Å². The second-order valence-electron chi connectivity index (χ2n) is 3.69. The molecule has 0 amide bonds. The van der Waals surface area contributed by atoms with Crippen molar-refractivity contribution < 1.29 is 0 Å². The highest BCUT2D eigenvalue weighted by atomic mass is 79.9. The van der Waals surface area contributed by atoms with E-state index in [1.165, 1.54) is 5.56 Å². The molecule has 1 aromatic rings. The molecular formula is C12H18BrN. The lowest BCUT2D eigenvalue weighted by Gasteiger charge is -2.21. The highest BCUT2D eigenvalue weighted by Gasteiger charge is 2.12. The van der Waals surface area contributed by atoms with Crippen LogP contribution < -0.4 is 5.32 Å². The van der Waals surface area contributed by atoms with E-state index in [0.717, 1.165) is 11.0 Å². The van der Waals surface area contributed by atoms with Crippen LogP contribution in [0.25, 0.3) is 0 Å². The van der Waals surface area contributed by atoms with Gasteiger partial charge in [-0.05, 0) is 37.1 Å². The molecule has 78 valence electrons. The maximum atomic E-state index is 3.45. The van der Waals surface area contributed by atoms with Gasteiger partial charge in [0.25, 0.3) is 0 Å². The molecule has 0 aliphatic rings. The predicted molar refractivity (Wildman–Crippen MR) is 65.7 cm³/mol. The zero-order valence-corrected chi connectivity index (χ0v) is 10.6. The average Bonchev–Trinajstić information content (AvgIpc) is 2.18. The molecule has 1 aromatic carbocycles. The highest BCUT2D eigenvalue weighted by Crippen LogP contribution is 2.21. The molecule has 1 N–H and O–H groups in total. The zero-order chi connectivity index (χ0) is 10.6. The van der Waals surface area contributed by atoms with Crippen LogP contribution in [0, 0.1) is 0 Å². The van der Waals surface area contributed by atoms with Crippen LogP contribution in [-0.4, -0.2) is 12.6 Å². The van der Waals surface area contributed by atoms with Gasteiger partial charge >= 0.3 is 0 Å². The minimum atomic E-state index is 0.529. The number of rotatable bonds is 4. The summed E-state index contributed by atoms with van der Waals surface area (Å²) in [7, 11) is 0. The molecule has 0 radical (unpaired) electrons. The van der Waals surface area contributed by atoms with Crippen molar-refractivity contribution in [3.8, 4) is 0 Å². The first-order valence-electron chi connectivity index (χ1n) is 5.14. The molecule has 2 atom stereocenters. The molecule has 0 spiro atoms. The number of hydrogen-bond acceptors (Lipinski definition) is 1. The van der Waals surface area contributed by atoms with Gasteiger partial charge in [0.1, 0.15) is 0 Å². The summed E-state index contributed by atoms with van der Waals surface area (Å²) in [6.45, 7) is 7.67. The normalized spacial score (nSPS) is 15.1. The molecule has 0 aliphatic carbocycles. The molecule has 1 rings (SSSR count). The SMILES string of the molecule is CCNC(C)C(C)c1ccc(Br)cc1. The van der Waals surface area contributed by atoms with Crippen molar-refractivity contribution >= 4 is 15.9 Å². The van der Waals surface area contributed by atoms with E-state index in [2.05, 4.69) is 66.3 Å². The molecule has 2 unspecified atom stereocenters. The predicted octanol–water partition coefficient (Wildman–Crippen LogP) is 3.55. The van der Waals surface area contributed by atoms with Gasteiger partial charge in [-0.15, -0.1) is 0 Å². The number of likely N-dealkylation sites (N-methyl/N-ethyl adjacent to an activating group) is 1. The Morgan fingerprint density at radius 1 is 1.21 bits per heavy atom. The quantitative estimate of drug-likeness (QED) is 0.868. The van der Waals surface area contributed by atoms with Crippen molar-refractivity contribution in [2.24, 2.45) is 0 Å². The van der Waals surface area contributed by atoms with E-state index in [-0.39, 0.29) is 0 Å². The molecule has 0 aliphatic heterocycles. The Labute approximate surface area is 95.0 Å². The summed E-state index contributed by atoms with van der Waals surface area (Å²) in [5.41, 5.74) is 1.39. The lowest BCUT2D eigenvalue weighted by atomic mass is 9.94. The second-order valence-corrected chi connectivity index (χ2v) is 4.60. The van der Waals surface area contributed by atoms with Gasteiger partial charge in [0.2, 0.25) is 0 Å². The lowest BCUT2D eigenvalue weighted by Crippen LogP contribution is -2.30. The Balaban J connectivity index is 2.68. The van der Waals surface area contributed by atoms with Crippen LogP contribution in [0.3, 0.4) is 0 Å². The van der Waals surface area contributed by atoms with Gasteiger partial charge in [-0.1, -0.05) is 41.9 Å². The Morgan fingerprint density at radius 2 is 1.79 bits per heavy atom. The van der Waals surface area contributed by atoms with E-state index < -0.39 is 0 Å². The van der Waals surface area contributed by atoms with E-state index in [4.69, 9.17) is 0 Å². The zero-order valence-electron chi connectivity index (χ0n) is 9.05. The van der Waals surface area contributed by atoms with E-state index in [1.807, 2.05) is 0 Å². The lowest BCUT2D eigenvalue weighted by molar-refractivity contribution is 0.495. The summed E-state index contributed by atoms with van der Waals surface area (Å²) in [5.74, 6) is 0.558. The molecule has 0 bridgehead atoms. The highest BCUT2D eigenvalue weighted by molar-refractivity contribution is 9.10. The third-order valence-corrected chi connectivity index (χ3v) is 3.20. The maximum absolute atomic E-state index is 3.45. The Hall–Kier alpha value is -0.340. The summed E-state index contributed by atoms with van der Waals surface area (Å²) in [6, 6.07) is 9.10. The largest absolute Gasteiger partial charge is 0.314 e. The fraction of sp³-hybridized carbons (Fsp3) is 0.500. The summed E-state index contributed by atoms with van der Waals surface area (Å²) in [6.07, 6.45) is 0. The standard InChI is InChI=1S/C12H18BrN/c1-4-14-10(3)9(2)11-5-7-12(13)8-6-11/h5-10,14H,4H2,1-3H3. The van der Waals surface area contributed by atoms with Crippen LogP contribution in [0.4, 0.5) is 0 Å². The summed E-state index contributed by atoms with van der Waals surface area (Å²) < 4.78 is 1.14. The Morgan fingerprint density at radius 3 is 2.29 bits per heavy atom. The van der Waals surface area contributed by atoms with Crippen LogP contribution >= 0.6 is 15.9 Å². The van der Waals surface area contributed by atoms with Gasteiger partial charge in [0, 0.05) is 10.5 Å². The van der Waals surface area contributed by atoms with Crippen molar-refractivity contribution in [2.45, 2.75) is 32.7 Å². The first-order chi connectivity index (χ1) is 6.65. The van der Waals surface area contributed by atoms with Crippen molar-refractivity contribution in [2.75, 3.05) is 6.54 Å². The van der Waals surface area contributed by atoms with Crippen LogP contribution in [0.2, 0.25) is 0 Å². The third kappa shape index (κ3) is 3.10. The fourth-order valence-electron chi connectivity index (χ4n) is 1.55. The maximum Gasteiger partial charge on any atom is 0.0175 e. The van der Waals surface area contributed by atoms with Gasteiger partial charge in [-0.25, -0.2) is 0 Å². The van der Waals surface area contributed by atoms with Gasteiger partial charge < -0.3 is 5.32 Å². The van der Waals surface area contributed by atoms with Crippen LogP contribution in [0.1, 0.15) is 32.3 Å². The van der Waals surface area contributed by atoms with Crippen molar-refractivity contribution in [3.63, 3.8) is 0 Å². The first-order valence-corrected chi connectivity index (χ1v) is 5.93. The summed E-state index contributed by atoms with van der Waals surface area (Å²) in [5, 5.41) is 3.45. The molecule has 0 fully saturated rings. The monoisotopic (exact) mass is 255 g/mol. The third-order valence-electron chi connectivity index (χ3n) is 2.67. The Bertz CT molecular complexity index is 268. The molecule has 2 heteroatoms. The molecule has 0 saturated heterocycles. The van der Waals surface area contributed by atoms with Gasteiger partial charge in [-0.3, -0.25) is 0 Å². The Kier molecular flexibility index (Phi) is 4.63. The van der Waals surface area contributed by atoms with E-state index in [1.54, 1.807) is 0 Å². The number of halogens is 1. The molecular weight excluding hydrogens is 238 g/mol. The molecule has 0 aromatic heterocycles. The molecule has 1 nitrogen and oxygen atoms in total. The van der Waals surface area contributed by atoms with E-state index >= 15 is 0 Å². The van der Waals surface area contributed by atoms with Gasteiger partial charge in [0.05, 0.1) is 0 Å². The fourth-order valence-corrected chi connectivity index (χ4v) is 1.82. The van der Waals surface area contributed by atoms with Crippen molar-refractivity contribution in [3.05, 3.63) is 34.3 Å². The molecule has 0 saturated carbocycles. The second kappa shape index (κ2) is 5.52.